The van der Waals surface area contributed by atoms with Crippen LogP contribution in [0.5, 0.6) is 0 Å². The molecule has 18 heavy (non-hydrogen) atoms. The summed E-state index contributed by atoms with van der Waals surface area (Å²) in [6.45, 7) is 1.63. The molecule has 0 saturated carbocycles. The maximum atomic E-state index is 13.7. The van der Waals surface area contributed by atoms with Crippen LogP contribution in [-0.2, 0) is 15.4 Å². The molecule has 0 spiro atoms. The lowest BCUT2D eigenvalue weighted by Gasteiger charge is -2.49. The number of fused-ring (bicyclic) bond motifs is 1. The third-order valence-electron chi connectivity index (χ3n) is 3.43. The Hall–Kier alpha value is -1.47. The van der Waals surface area contributed by atoms with Crippen LogP contribution in [0.25, 0.3) is 0 Å². The van der Waals surface area contributed by atoms with E-state index >= 15 is 0 Å². The van der Waals surface area contributed by atoms with Gasteiger partial charge in [0.05, 0.1) is 5.75 Å². The fourth-order valence-electron chi connectivity index (χ4n) is 2.66. The van der Waals surface area contributed by atoms with E-state index < -0.39 is 26.4 Å². The number of sulfone groups is 1. The van der Waals surface area contributed by atoms with Crippen LogP contribution < -0.4 is 11.9 Å². The van der Waals surface area contributed by atoms with E-state index in [4.69, 9.17) is 5.73 Å². The molecule has 5 nitrogen and oxygen atoms in total. The van der Waals surface area contributed by atoms with Crippen LogP contribution in [0, 0.1) is 5.82 Å². The third-order valence-corrected chi connectivity index (χ3v) is 5.58. The molecule has 0 amide bonds. The molecule has 98 valence electrons. The Kier molecular flexibility index (Phi) is 2.54. The van der Waals surface area contributed by atoms with E-state index in [1.54, 1.807) is 6.92 Å². The summed E-state index contributed by atoms with van der Waals surface area (Å²) in [6, 6.07) is 4.15. The van der Waals surface area contributed by atoms with Gasteiger partial charge in [-0.2, -0.15) is 0 Å². The van der Waals surface area contributed by atoms with Gasteiger partial charge in [-0.3, -0.25) is 4.99 Å². The van der Waals surface area contributed by atoms with Gasteiger partial charge in [0.1, 0.15) is 16.6 Å². The van der Waals surface area contributed by atoms with E-state index in [9.17, 15) is 12.8 Å². The topological polar surface area (TPSA) is 108 Å². The van der Waals surface area contributed by atoms with Crippen LogP contribution in [0.4, 0.5) is 10.1 Å². The molecule has 3 rings (SSSR count). The number of hydrogen-bond donors (Lipinski definition) is 2. The number of aliphatic imine (C=N–C) groups is 1. The van der Waals surface area contributed by atoms with Crippen LogP contribution in [0.1, 0.15) is 12.5 Å². The van der Waals surface area contributed by atoms with Gasteiger partial charge in [-0.25, -0.2) is 12.8 Å². The van der Waals surface area contributed by atoms with Crippen molar-refractivity contribution in [1.82, 2.24) is 6.15 Å². The summed E-state index contributed by atoms with van der Waals surface area (Å²) in [5, 5.41) is -0.661. The molecular weight excluding hydrogens is 257 g/mol. The zero-order valence-corrected chi connectivity index (χ0v) is 10.7. The predicted molar refractivity (Wildman–Crippen MR) is 68.2 cm³/mol. The number of halogens is 1. The summed E-state index contributed by atoms with van der Waals surface area (Å²) in [5.74, 6) is -0.455. The van der Waals surface area contributed by atoms with Crippen molar-refractivity contribution < 1.29 is 12.8 Å². The van der Waals surface area contributed by atoms with Crippen molar-refractivity contribution in [1.29, 1.82) is 0 Å². The number of benzene rings is 1. The number of anilines is 1. The standard InChI is InChI=1S/C11H11FN2O2S.H3N/c1-11(7-4-6(13)2-3-8(7)12)10-9(14-11)5-17(10,15)16;/h2-4,10H,5,13H2,1H3;1H3. The second kappa shape index (κ2) is 3.52. The summed E-state index contributed by atoms with van der Waals surface area (Å²) in [6.07, 6.45) is 0. The second-order valence-electron chi connectivity index (χ2n) is 4.68. The van der Waals surface area contributed by atoms with Crippen LogP contribution in [0.2, 0.25) is 0 Å². The lowest BCUT2D eigenvalue weighted by molar-refractivity contribution is 0.421. The lowest BCUT2D eigenvalue weighted by Crippen LogP contribution is -2.66. The molecule has 0 aromatic heterocycles. The fraction of sp³-hybridized carbons (Fsp3) is 0.364. The van der Waals surface area contributed by atoms with Crippen LogP contribution in [0.15, 0.2) is 23.2 Å². The highest BCUT2D eigenvalue weighted by Crippen LogP contribution is 2.48. The Morgan fingerprint density at radius 1 is 1.50 bits per heavy atom. The molecule has 2 atom stereocenters. The predicted octanol–water partition coefficient (Wildman–Crippen LogP) is 1.04. The molecule has 1 saturated heterocycles. The van der Waals surface area contributed by atoms with Gasteiger partial charge < -0.3 is 11.9 Å². The van der Waals surface area contributed by atoms with Crippen molar-refractivity contribution in [3.63, 3.8) is 0 Å². The highest BCUT2D eigenvalue weighted by atomic mass is 32.2. The first-order chi connectivity index (χ1) is 7.84. The first-order valence-electron chi connectivity index (χ1n) is 5.20. The van der Waals surface area contributed by atoms with E-state index in [-0.39, 0.29) is 17.5 Å². The average molecular weight is 271 g/mol. The Labute approximate surface area is 104 Å². The van der Waals surface area contributed by atoms with E-state index in [0.29, 0.717) is 11.4 Å². The normalized spacial score (nSPS) is 31.2. The second-order valence-corrected chi connectivity index (χ2v) is 6.76. The fourth-order valence-corrected chi connectivity index (χ4v) is 4.60. The summed E-state index contributed by atoms with van der Waals surface area (Å²) < 4.78 is 37.0. The molecule has 0 radical (unpaired) electrons. The quantitative estimate of drug-likeness (QED) is 0.744. The summed E-state index contributed by atoms with van der Waals surface area (Å²) in [5.41, 5.74) is 5.91. The molecule has 0 bridgehead atoms. The van der Waals surface area contributed by atoms with Crippen molar-refractivity contribution in [3.05, 3.63) is 29.6 Å². The van der Waals surface area contributed by atoms with Crippen molar-refractivity contribution in [3.8, 4) is 0 Å². The Balaban J connectivity index is 0.00000120. The minimum absolute atomic E-state index is 0. The Morgan fingerprint density at radius 2 is 2.17 bits per heavy atom. The summed E-state index contributed by atoms with van der Waals surface area (Å²) in [7, 11) is -3.15. The van der Waals surface area contributed by atoms with Crippen LogP contribution in [0.3, 0.4) is 0 Å². The molecule has 2 aliphatic heterocycles. The van der Waals surface area contributed by atoms with Crippen LogP contribution >= 0.6 is 0 Å². The lowest BCUT2D eigenvalue weighted by atomic mass is 9.80. The maximum Gasteiger partial charge on any atom is 0.166 e. The Morgan fingerprint density at radius 3 is 2.72 bits per heavy atom. The Bertz CT molecular complexity index is 656. The summed E-state index contributed by atoms with van der Waals surface area (Å²) in [4.78, 5) is 4.23. The molecular formula is C11H14FN3O2S. The monoisotopic (exact) mass is 271 g/mol. The van der Waals surface area contributed by atoms with Crippen LogP contribution in [-0.4, -0.2) is 25.1 Å². The van der Waals surface area contributed by atoms with Gasteiger partial charge in [-0.05, 0) is 25.1 Å². The van der Waals surface area contributed by atoms with Crippen molar-refractivity contribution >= 4 is 21.2 Å². The van der Waals surface area contributed by atoms with Gasteiger partial charge in [0.15, 0.2) is 9.84 Å². The van der Waals surface area contributed by atoms with Crippen molar-refractivity contribution in [2.75, 3.05) is 11.5 Å². The molecule has 2 aliphatic rings. The van der Waals surface area contributed by atoms with E-state index in [1.165, 1.54) is 18.2 Å². The van der Waals surface area contributed by atoms with Gasteiger partial charge >= 0.3 is 0 Å². The van der Waals surface area contributed by atoms with E-state index in [0.717, 1.165) is 0 Å². The molecule has 7 heteroatoms. The summed E-state index contributed by atoms with van der Waals surface area (Å²) >= 11 is 0. The largest absolute Gasteiger partial charge is 0.399 e. The highest BCUT2D eigenvalue weighted by molar-refractivity contribution is 7.96. The minimum Gasteiger partial charge on any atom is -0.399 e. The SMILES string of the molecule is CC1(c2cc(N)ccc2F)N=C2CS(=O)(=O)C21.N. The molecule has 1 aromatic carbocycles. The van der Waals surface area contributed by atoms with Gasteiger partial charge in [0.25, 0.3) is 0 Å². The number of rotatable bonds is 1. The van der Waals surface area contributed by atoms with Gasteiger partial charge in [0, 0.05) is 17.0 Å². The van der Waals surface area contributed by atoms with Crippen molar-refractivity contribution in [2.24, 2.45) is 4.99 Å². The number of hydrogen-bond acceptors (Lipinski definition) is 5. The van der Waals surface area contributed by atoms with Crippen molar-refractivity contribution in [2.45, 2.75) is 17.7 Å². The molecule has 2 heterocycles. The molecule has 0 aliphatic carbocycles. The average Bonchev–Trinajstić information content (AvgIpc) is 2.18. The smallest absolute Gasteiger partial charge is 0.166 e. The number of nitrogens with two attached hydrogens (primary N) is 1. The molecule has 1 aromatic rings. The third kappa shape index (κ3) is 1.40. The zero-order chi connectivity index (χ0) is 12.4. The van der Waals surface area contributed by atoms with Gasteiger partial charge in [0.2, 0.25) is 0 Å². The van der Waals surface area contributed by atoms with Gasteiger partial charge in [-0.15, -0.1) is 0 Å². The van der Waals surface area contributed by atoms with Gasteiger partial charge in [-0.1, -0.05) is 0 Å². The molecule has 1 fully saturated rings. The number of nitrogens with zero attached hydrogens (tertiary/aromatic N) is 1. The maximum absolute atomic E-state index is 13.7. The minimum atomic E-state index is -3.15. The molecule has 5 N–H and O–H groups in total. The highest BCUT2D eigenvalue weighted by Gasteiger charge is 2.62. The molecule has 2 unspecified atom stereocenters. The zero-order valence-electron chi connectivity index (χ0n) is 9.85. The number of nitrogen functional groups attached to an aromatic ring is 1. The van der Waals surface area contributed by atoms with E-state index in [1.807, 2.05) is 0 Å². The first-order valence-corrected chi connectivity index (χ1v) is 6.92. The first kappa shape index (κ1) is 13.0. The van der Waals surface area contributed by atoms with E-state index in [2.05, 4.69) is 4.99 Å².